The van der Waals surface area contributed by atoms with Crippen molar-refractivity contribution >= 4 is 12.0 Å². The van der Waals surface area contributed by atoms with E-state index in [1.807, 2.05) is 43.9 Å². The number of hydrogen-bond acceptors (Lipinski definition) is 3. The Morgan fingerprint density at radius 3 is 2.58 bits per heavy atom. The fourth-order valence-corrected chi connectivity index (χ4v) is 4.24. The lowest BCUT2D eigenvalue weighted by molar-refractivity contribution is -0.135. The van der Waals surface area contributed by atoms with E-state index >= 15 is 0 Å². The van der Waals surface area contributed by atoms with Crippen molar-refractivity contribution in [3.63, 3.8) is 0 Å². The average molecular weight is 358 g/mol. The molecule has 2 fully saturated rings. The van der Waals surface area contributed by atoms with Crippen LogP contribution in [0.1, 0.15) is 46.5 Å². The summed E-state index contributed by atoms with van der Waals surface area (Å²) in [5.41, 5.74) is -1.38. The van der Waals surface area contributed by atoms with E-state index in [1.165, 1.54) is 0 Å². The number of carbonyl (C=O) groups excluding carboxylic acids is 2. The first-order valence-electron chi connectivity index (χ1n) is 9.41. The normalized spacial score (nSPS) is 29.6. The molecule has 3 aliphatic rings. The highest BCUT2D eigenvalue weighted by atomic mass is 16.6. The largest absolute Gasteiger partial charge is 0.444 e. The molecule has 0 radical (unpaired) electrons. The fraction of sp³-hybridized carbons (Fsp3) is 0.619. The minimum Gasteiger partial charge on any atom is -0.444 e. The minimum atomic E-state index is -0.542. The topological polar surface area (TPSA) is 49.9 Å². The molecule has 2 amide bonds. The third-order valence-electron chi connectivity index (χ3n) is 5.88. The van der Waals surface area contributed by atoms with E-state index in [-0.39, 0.29) is 17.9 Å². The molecule has 0 spiro atoms. The van der Waals surface area contributed by atoms with Gasteiger partial charge in [-0.3, -0.25) is 4.79 Å². The van der Waals surface area contributed by atoms with Crippen LogP contribution >= 0.6 is 0 Å². The molecule has 2 aliphatic carbocycles. The number of nitrogens with zero attached hydrogens (tertiary/aromatic N) is 2. The van der Waals surface area contributed by atoms with Gasteiger partial charge in [-0.25, -0.2) is 4.79 Å². The molecule has 1 heterocycles. The number of carbonyl (C=O) groups is 2. The van der Waals surface area contributed by atoms with Gasteiger partial charge in [-0.1, -0.05) is 30.4 Å². The SMILES string of the molecule is C=C[C@]1(N2CC[C@H](C3(N(C)C(=O)OC(C)(C)C)CC3)C2=O)C=CC=CC1. The van der Waals surface area contributed by atoms with E-state index in [2.05, 4.69) is 18.7 Å². The summed E-state index contributed by atoms with van der Waals surface area (Å²) in [6.07, 6.45) is 12.8. The Morgan fingerprint density at radius 2 is 2.08 bits per heavy atom. The molecule has 142 valence electrons. The third-order valence-corrected chi connectivity index (χ3v) is 5.88. The van der Waals surface area contributed by atoms with Crippen LogP contribution in [0.25, 0.3) is 0 Å². The predicted molar refractivity (Wildman–Crippen MR) is 102 cm³/mol. The maximum Gasteiger partial charge on any atom is 0.410 e. The zero-order valence-corrected chi connectivity index (χ0v) is 16.3. The number of amides is 2. The van der Waals surface area contributed by atoms with Crippen LogP contribution in [0, 0.1) is 5.92 Å². The highest BCUT2D eigenvalue weighted by Gasteiger charge is 2.61. The molecule has 1 saturated heterocycles. The quantitative estimate of drug-likeness (QED) is 0.721. The van der Waals surface area contributed by atoms with Gasteiger partial charge in [0.1, 0.15) is 5.60 Å². The zero-order valence-electron chi connectivity index (χ0n) is 16.3. The first-order valence-corrected chi connectivity index (χ1v) is 9.41. The van der Waals surface area contributed by atoms with Crippen LogP contribution < -0.4 is 0 Å². The summed E-state index contributed by atoms with van der Waals surface area (Å²) in [6.45, 7) is 10.2. The van der Waals surface area contributed by atoms with E-state index in [9.17, 15) is 9.59 Å². The van der Waals surface area contributed by atoms with Gasteiger partial charge in [0.15, 0.2) is 0 Å². The molecule has 5 heteroatoms. The van der Waals surface area contributed by atoms with E-state index < -0.39 is 16.7 Å². The molecule has 1 aliphatic heterocycles. The first-order chi connectivity index (χ1) is 12.2. The Labute approximate surface area is 156 Å². The lowest BCUT2D eigenvalue weighted by Crippen LogP contribution is -2.52. The standard InChI is InChI=1S/C21H30N2O3/c1-6-20(11-8-7-9-12-20)23-15-10-16(17(23)24)21(13-14-21)22(5)18(25)26-19(2,3)4/h6-9,11,16H,1,10,12-15H2,2-5H3/t16-,20-/m0/s1. The second kappa shape index (κ2) is 6.29. The van der Waals surface area contributed by atoms with Gasteiger partial charge in [-0.15, -0.1) is 6.58 Å². The van der Waals surface area contributed by atoms with Crippen LogP contribution in [0.5, 0.6) is 0 Å². The number of rotatable bonds is 4. The predicted octanol–water partition coefficient (Wildman–Crippen LogP) is 3.68. The number of allylic oxidation sites excluding steroid dienone is 2. The van der Waals surface area contributed by atoms with Crippen LogP contribution in [-0.4, -0.2) is 52.1 Å². The first kappa shape index (κ1) is 18.7. The average Bonchev–Trinajstić information content (AvgIpc) is 3.29. The monoisotopic (exact) mass is 358 g/mol. The summed E-state index contributed by atoms with van der Waals surface area (Å²) in [5, 5.41) is 0. The molecule has 26 heavy (non-hydrogen) atoms. The van der Waals surface area contributed by atoms with Gasteiger partial charge >= 0.3 is 6.09 Å². The molecule has 0 aromatic heterocycles. The van der Waals surface area contributed by atoms with Crippen molar-refractivity contribution in [2.45, 2.75) is 63.1 Å². The summed E-state index contributed by atoms with van der Waals surface area (Å²) in [7, 11) is 1.77. The van der Waals surface area contributed by atoms with E-state index in [1.54, 1.807) is 11.9 Å². The van der Waals surface area contributed by atoms with Gasteiger partial charge in [0.25, 0.3) is 0 Å². The Kier molecular flexibility index (Phi) is 4.53. The Bertz CT molecular complexity index is 669. The van der Waals surface area contributed by atoms with Gasteiger partial charge < -0.3 is 14.5 Å². The zero-order chi connectivity index (χ0) is 19.2. The van der Waals surface area contributed by atoms with Crippen molar-refractivity contribution in [2.75, 3.05) is 13.6 Å². The maximum atomic E-state index is 13.3. The Morgan fingerprint density at radius 1 is 1.38 bits per heavy atom. The second-order valence-corrected chi connectivity index (χ2v) is 8.66. The molecule has 0 bridgehead atoms. The van der Waals surface area contributed by atoms with E-state index in [4.69, 9.17) is 4.74 Å². The highest BCUT2D eigenvalue weighted by molar-refractivity contribution is 5.85. The van der Waals surface area contributed by atoms with Crippen LogP contribution in [0.4, 0.5) is 4.79 Å². The van der Waals surface area contributed by atoms with E-state index in [0.717, 1.165) is 25.7 Å². The molecule has 0 unspecified atom stereocenters. The van der Waals surface area contributed by atoms with Crippen LogP contribution in [0.3, 0.4) is 0 Å². The van der Waals surface area contributed by atoms with Crippen molar-refractivity contribution in [1.82, 2.24) is 9.80 Å². The molecule has 0 aromatic carbocycles. The van der Waals surface area contributed by atoms with Crippen LogP contribution in [-0.2, 0) is 9.53 Å². The minimum absolute atomic E-state index is 0.123. The van der Waals surface area contributed by atoms with Gasteiger partial charge in [-0.05, 0) is 46.5 Å². The molecule has 3 rings (SSSR count). The highest BCUT2D eigenvalue weighted by Crippen LogP contribution is 2.52. The molecule has 2 atom stereocenters. The van der Waals surface area contributed by atoms with Crippen molar-refractivity contribution in [3.05, 3.63) is 37.0 Å². The van der Waals surface area contributed by atoms with E-state index in [0.29, 0.717) is 6.54 Å². The fourth-order valence-electron chi connectivity index (χ4n) is 4.24. The number of hydrogen-bond donors (Lipinski definition) is 0. The van der Waals surface area contributed by atoms with Crippen molar-refractivity contribution in [3.8, 4) is 0 Å². The Hall–Kier alpha value is -2.04. The Balaban J connectivity index is 1.77. The summed E-state index contributed by atoms with van der Waals surface area (Å²) in [6, 6.07) is 0. The van der Waals surface area contributed by atoms with Crippen LogP contribution in [0.15, 0.2) is 37.0 Å². The smallest absolute Gasteiger partial charge is 0.410 e. The molecule has 0 aromatic rings. The number of likely N-dealkylation sites (tertiary alicyclic amines) is 1. The van der Waals surface area contributed by atoms with Gasteiger partial charge in [-0.2, -0.15) is 0 Å². The lowest BCUT2D eigenvalue weighted by atomic mass is 9.88. The molecule has 1 saturated carbocycles. The molecular formula is C21H30N2O3. The maximum absolute atomic E-state index is 13.3. The summed E-state index contributed by atoms with van der Waals surface area (Å²) in [4.78, 5) is 29.5. The molecule has 0 N–H and O–H groups in total. The summed E-state index contributed by atoms with van der Waals surface area (Å²) < 4.78 is 5.53. The third kappa shape index (κ3) is 3.08. The molecular weight excluding hydrogens is 328 g/mol. The summed E-state index contributed by atoms with van der Waals surface area (Å²) in [5.74, 6) is -0.0473. The van der Waals surface area contributed by atoms with Crippen molar-refractivity contribution in [2.24, 2.45) is 5.92 Å². The van der Waals surface area contributed by atoms with Crippen LogP contribution in [0.2, 0.25) is 0 Å². The number of ether oxygens (including phenoxy) is 1. The van der Waals surface area contributed by atoms with Gasteiger partial charge in [0.05, 0.1) is 17.0 Å². The lowest BCUT2D eigenvalue weighted by Gasteiger charge is -2.39. The molecule has 5 nitrogen and oxygen atoms in total. The second-order valence-electron chi connectivity index (χ2n) is 8.66. The van der Waals surface area contributed by atoms with Crippen molar-refractivity contribution < 1.29 is 14.3 Å². The van der Waals surface area contributed by atoms with Gasteiger partial charge in [0.2, 0.25) is 5.91 Å². The van der Waals surface area contributed by atoms with Crippen molar-refractivity contribution in [1.29, 1.82) is 0 Å². The summed E-state index contributed by atoms with van der Waals surface area (Å²) >= 11 is 0. The van der Waals surface area contributed by atoms with Gasteiger partial charge in [0, 0.05) is 13.6 Å².